The summed E-state index contributed by atoms with van der Waals surface area (Å²) in [7, 11) is 0. The molecule has 0 saturated carbocycles. The fraction of sp³-hybridized carbons (Fsp3) is 0.556. The van der Waals surface area contributed by atoms with Gasteiger partial charge in [0.25, 0.3) is 0 Å². The van der Waals surface area contributed by atoms with Crippen LogP contribution >= 0.6 is 0 Å². The second-order valence-electron chi connectivity index (χ2n) is 3.86. The average Bonchev–Trinajstić information content (AvgIpc) is 2.99. The Morgan fingerprint density at radius 3 is 3.25 bits per heavy atom. The molecular formula is C9H12N6O. The van der Waals surface area contributed by atoms with Crippen LogP contribution in [0.4, 0.5) is 0 Å². The van der Waals surface area contributed by atoms with Crippen LogP contribution in [0.25, 0.3) is 11.5 Å². The van der Waals surface area contributed by atoms with Gasteiger partial charge in [0.15, 0.2) is 5.69 Å². The summed E-state index contributed by atoms with van der Waals surface area (Å²) in [6, 6.07) is 0.464. The molecule has 1 unspecified atom stereocenters. The smallest absolute Gasteiger partial charge is 0.228 e. The highest BCUT2D eigenvalue weighted by Crippen LogP contribution is 2.14. The number of hydrogen-bond acceptors (Lipinski definition) is 6. The van der Waals surface area contributed by atoms with Crippen LogP contribution in [-0.4, -0.2) is 38.1 Å². The summed E-state index contributed by atoms with van der Waals surface area (Å²) in [6.45, 7) is 1.08. The Morgan fingerprint density at radius 2 is 2.50 bits per heavy atom. The molecule has 1 fully saturated rings. The number of H-pyrrole nitrogens is 1. The van der Waals surface area contributed by atoms with Gasteiger partial charge in [0, 0.05) is 12.5 Å². The van der Waals surface area contributed by atoms with Gasteiger partial charge in [-0.25, -0.2) is 0 Å². The van der Waals surface area contributed by atoms with Crippen molar-refractivity contribution in [3.63, 3.8) is 0 Å². The first-order valence-electron chi connectivity index (χ1n) is 5.34. The molecule has 2 aromatic rings. The fourth-order valence-corrected chi connectivity index (χ4v) is 1.89. The normalized spacial score (nSPS) is 20.4. The first-order chi connectivity index (χ1) is 7.92. The van der Waals surface area contributed by atoms with E-state index in [-0.39, 0.29) is 0 Å². The molecule has 0 spiro atoms. The summed E-state index contributed by atoms with van der Waals surface area (Å²) in [5.74, 6) is 1.14. The predicted molar refractivity (Wildman–Crippen MR) is 54.4 cm³/mol. The summed E-state index contributed by atoms with van der Waals surface area (Å²) >= 11 is 0. The summed E-state index contributed by atoms with van der Waals surface area (Å²) in [5, 5.41) is 17.4. The maximum absolute atomic E-state index is 5.17. The van der Waals surface area contributed by atoms with Crippen LogP contribution in [0.3, 0.4) is 0 Å². The fourth-order valence-electron chi connectivity index (χ4n) is 1.89. The van der Waals surface area contributed by atoms with E-state index in [1.165, 1.54) is 12.8 Å². The van der Waals surface area contributed by atoms with Crippen molar-refractivity contribution in [2.45, 2.75) is 25.3 Å². The molecule has 1 atom stereocenters. The molecule has 2 N–H and O–H groups in total. The van der Waals surface area contributed by atoms with Crippen LogP contribution < -0.4 is 5.32 Å². The highest BCUT2D eigenvalue weighted by atomic mass is 16.5. The van der Waals surface area contributed by atoms with E-state index in [0.29, 0.717) is 23.5 Å². The van der Waals surface area contributed by atoms with Gasteiger partial charge in [0.2, 0.25) is 11.7 Å². The van der Waals surface area contributed by atoms with E-state index in [1.807, 2.05) is 0 Å². The molecular weight excluding hydrogens is 208 g/mol. The van der Waals surface area contributed by atoms with Crippen molar-refractivity contribution >= 4 is 0 Å². The Hall–Kier alpha value is -1.76. The minimum absolute atomic E-state index is 0.464. The zero-order valence-corrected chi connectivity index (χ0v) is 8.68. The second-order valence-corrected chi connectivity index (χ2v) is 3.86. The third kappa shape index (κ3) is 1.81. The summed E-state index contributed by atoms with van der Waals surface area (Å²) in [6.07, 6.45) is 4.74. The first kappa shape index (κ1) is 9.46. The molecule has 7 heteroatoms. The Balaban J connectivity index is 1.72. The summed E-state index contributed by atoms with van der Waals surface area (Å²) < 4.78 is 5.17. The molecule has 0 radical (unpaired) electrons. The van der Waals surface area contributed by atoms with Crippen molar-refractivity contribution in [3.8, 4) is 11.5 Å². The maximum atomic E-state index is 5.17. The quantitative estimate of drug-likeness (QED) is 0.764. The van der Waals surface area contributed by atoms with E-state index >= 15 is 0 Å². The second kappa shape index (κ2) is 4.01. The summed E-state index contributed by atoms with van der Waals surface area (Å²) in [5.41, 5.74) is 0.606. The Labute approximate surface area is 91.6 Å². The van der Waals surface area contributed by atoms with E-state index < -0.39 is 0 Å². The number of aromatic amines is 1. The highest BCUT2D eigenvalue weighted by Gasteiger charge is 2.18. The predicted octanol–water partition coefficient (Wildman–Crippen LogP) is 0.149. The zero-order valence-electron chi connectivity index (χ0n) is 8.68. The topological polar surface area (TPSA) is 92.5 Å². The number of aromatic nitrogens is 5. The van der Waals surface area contributed by atoms with Crippen molar-refractivity contribution in [2.75, 3.05) is 6.54 Å². The minimum Gasteiger partial charge on any atom is -0.339 e. The van der Waals surface area contributed by atoms with Gasteiger partial charge in [-0.05, 0) is 19.4 Å². The lowest BCUT2D eigenvalue weighted by molar-refractivity contribution is 0.364. The molecule has 3 rings (SSSR count). The van der Waals surface area contributed by atoms with E-state index in [0.717, 1.165) is 13.0 Å². The van der Waals surface area contributed by atoms with Gasteiger partial charge in [0.1, 0.15) is 0 Å². The van der Waals surface area contributed by atoms with Crippen LogP contribution in [0.15, 0.2) is 10.7 Å². The standard InChI is InChI=1S/C9H12N6O/c1-2-6(10-3-1)4-8-12-9(14-16-8)7-5-11-15-13-7/h5-6,10H,1-4H2,(H,11,13,15). The third-order valence-electron chi connectivity index (χ3n) is 2.70. The molecule has 84 valence electrons. The van der Waals surface area contributed by atoms with Crippen LogP contribution in [0.2, 0.25) is 0 Å². The van der Waals surface area contributed by atoms with Gasteiger partial charge in [-0.15, -0.1) is 0 Å². The Kier molecular flexibility index (Phi) is 2.37. The van der Waals surface area contributed by atoms with Crippen molar-refractivity contribution in [3.05, 3.63) is 12.1 Å². The van der Waals surface area contributed by atoms with Gasteiger partial charge in [-0.1, -0.05) is 5.16 Å². The lowest BCUT2D eigenvalue weighted by atomic mass is 10.1. The molecule has 0 aromatic carbocycles. The monoisotopic (exact) mass is 220 g/mol. The number of nitrogens with one attached hydrogen (secondary N) is 2. The lowest BCUT2D eigenvalue weighted by Crippen LogP contribution is -2.23. The number of hydrogen-bond donors (Lipinski definition) is 2. The maximum Gasteiger partial charge on any atom is 0.228 e. The minimum atomic E-state index is 0.464. The van der Waals surface area contributed by atoms with Gasteiger partial charge >= 0.3 is 0 Å². The van der Waals surface area contributed by atoms with Crippen LogP contribution in [0.1, 0.15) is 18.7 Å². The molecule has 0 bridgehead atoms. The number of nitrogens with zero attached hydrogens (tertiary/aromatic N) is 4. The molecule has 0 amide bonds. The van der Waals surface area contributed by atoms with Crippen LogP contribution in [-0.2, 0) is 6.42 Å². The lowest BCUT2D eigenvalue weighted by Gasteiger charge is -2.04. The Bertz CT molecular complexity index is 444. The van der Waals surface area contributed by atoms with E-state index in [1.54, 1.807) is 6.20 Å². The molecule has 7 nitrogen and oxygen atoms in total. The van der Waals surface area contributed by atoms with E-state index in [2.05, 4.69) is 30.9 Å². The third-order valence-corrected chi connectivity index (χ3v) is 2.70. The largest absolute Gasteiger partial charge is 0.339 e. The molecule has 1 aliphatic rings. The van der Waals surface area contributed by atoms with Gasteiger partial charge in [-0.2, -0.15) is 20.4 Å². The summed E-state index contributed by atoms with van der Waals surface area (Å²) in [4.78, 5) is 4.28. The average molecular weight is 220 g/mol. The van der Waals surface area contributed by atoms with Crippen molar-refractivity contribution in [2.24, 2.45) is 0 Å². The van der Waals surface area contributed by atoms with Gasteiger partial charge in [0.05, 0.1) is 6.20 Å². The first-order valence-corrected chi connectivity index (χ1v) is 5.34. The molecule has 1 aliphatic heterocycles. The SMILES string of the molecule is c1n[nH]nc1-c1noc(CC2CCCN2)n1. The van der Waals surface area contributed by atoms with Gasteiger partial charge < -0.3 is 9.84 Å². The van der Waals surface area contributed by atoms with Crippen LogP contribution in [0, 0.1) is 0 Å². The van der Waals surface area contributed by atoms with Crippen molar-refractivity contribution < 1.29 is 4.52 Å². The molecule has 1 saturated heterocycles. The van der Waals surface area contributed by atoms with Crippen molar-refractivity contribution in [1.29, 1.82) is 0 Å². The van der Waals surface area contributed by atoms with Gasteiger partial charge in [-0.3, -0.25) is 0 Å². The molecule has 16 heavy (non-hydrogen) atoms. The number of rotatable bonds is 3. The highest BCUT2D eigenvalue weighted by molar-refractivity contribution is 5.44. The van der Waals surface area contributed by atoms with E-state index in [9.17, 15) is 0 Å². The van der Waals surface area contributed by atoms with E-state index in [4.69, 9.17) is 4.52 Å². The molecule has 3 heterocycles. The molecule has 2 aromatic heterocycles. The van der Waals surface area contributed by atoms with Crippen molar-refractivity contribution in [1.82, 2.24) is 30.9 Å². The zero-order chi connectivity index (χ0) is 10.8. The Morgan fingerprint density at radius 1 is 1.50 bits per heavy atom. The molecule has 0 aliphatic carbocycles. The van der Waals surface area contributed by atoms with Crippen LogP contribution in [0.5, 0.6) is 0 Å².